The molecule has 32 heavy (non-hydrogen) atoms. The molecule has 1 amide bonds. The zero-order chi connectivity index (χ0) is 22.4. The predicted octanol–water partition coefficient (Wildman–Crippen LogP) is 2.88. The normalized spacial score (nSPS) is 27.3. The van der Waals surface area contributed by atoms with Crippen LogP contribution in [0.2, 0.25) is 5.02 Å². The summed E-state index contributed by atoms with van der Waals surface area (Å²) in [5.74, 6) is 1.02. The predicted molar refractivity (Wildman–Crippen MR) is 116 cm³/mol. The number of rotatable bonds is 6. The van der Waals surface area contributed by atoms with Gasteiger partial charge in [0, 0.05) is 22.4 Å². The number of nitrogens with one attached hydrogen (secondary N) is 1. The molecule has 1 aromatic carbocycles. The van der Waals surface area contributed by atoms with Crippen molar-refractivity contribution in [2.24, 2.45) is 0 Å². The quantitative estimate of drug-likeness (QED) is 0.557. The molecular weight excluding hydrogens is 474 g/mol. The van der Waals surface area contributed by atoms with Crippen molar-refractivity contribution in [2.45, 2.75) is 47.8 Å². The first-order chi connectivity index (χ1) is 15.1. The molecule has 1 N–H and O–H groups in total. The number of halogens is 1. The fourth-order valence-electron chi connectivity index (χ4n) is 4.97. The van der Waals surface area contributed by atoms with Gasteiger partial charge >= 0.3 is 0 Å². The molecule has 0 spiro atoms. The summed E-state index contributed by atoms with van der Waals surface area (Å²) in [6.45, 7) is 0. The second-order valence-electron chi connectivity index (χ2n) is 9.16. The highest BCUT2D eigenvalue weighted by molar-refractivity contribution is 7.91. The molecule has 3 aromatic rings. The van der Waals surface area contributed by atoms with Crippen molar-refractivity contribution in [1.29, 1.82) is 0 Å². The first-order valence-corrected chi connectivity index (χ1v) is 13.1. The minimum atomic E-state index is -3.32. The van der Waals surface area contributed by atoms with Gasteiger partial charge in [-0.25, -0.2) is 13.4 Å². The molecule has 0 radical (unpaired) electrons. The summed E-state index contributed by atoms with van der Waals surface area (Å²) in [6, 6.07) is 7.23. The van der Waals surface area contributed by atoms with E-state index >= 15 is 0 Å². The summed E-state index contributed by atoms with van der Waals surface area (Å²) in [6.07, 6.45) is 4.33. The number of hydrogen-bond donors (Lipinski definition) is 1. The molecule has 7 rings (SSSR count). The zero-order valence-corrected chi connectivity index (χ0v) is 19.4. The average Bonchev–Trinajstić information content (AvgIpc) is 3.14. The van der Waals surface area contributed by atoms with E-state index in [0.717, 1.165) is 17.1 Å². The summed E-state index contributed by atoms with van der Waals surface area (Å²) in [4.78, 5) is 21.5. The summed E-state index contributed by atoms with van der Waals surface area (Å²) < 4.78 is 32.8. The van der Waals surface area contributed by atoms with Crippen molar-refractivity contribution in [3.05, 3.63) is 46.0 Å². The monoisotopic (exact) mass is 491 g/mol. The number of carbonyl (C=O) groups is 1. The van der Waals surface area contributed by atoms with Crippen molar-refractivity contribution >= 4 is 38.9 Å². The van der Waals surface area contributed by atoms with E-state index in [2.05, 4.69) is 24.8 Å². The highest BCUT2D eigenvalue weighted by Crippen LogP contribution is 2.67. The van der Waals surface area contributed by atoms with E-state index < -0.39 is 14.6 Å². The SMILES string of the molecule is CS(=O)(=O)C1(c2nsc(C(=O)NC34CC(c5nc(-c6ccc(Cl)cc6)no5)(C3)C4)n2)CC1. The van der Waals surface area contributed by atoms with Gasteiger partial charge in [0.25, 0.3) is 5.91 Å². The second kappa shape index (κ2) is 6.36. The number of benzene rings is 1. The third kappa shape index (κ3) is 2.87. The van der Waals surface area contributed by atoms with Crippen LogP contribution in [0.4, 0.5) is 0 Å². The van der Waals surface area contributed by atoms with Gasteiger partial charge in [-0.2, -0.15) is 9.36 Å². The molecule has 166 valence electrons. The van der Waals surface area contributed by atoms with Gasteiger partial charge in [-0.1, -0.05) is 16.8 Å². The van der Waals surface area contributed by atoms with Gasteiger partial charge in [0.05, 0.1) is 5.41 Å². The molecule has 4 fully saturated rings. The highest BCUT2D eigenvalue weighted by Gasteiger charge is 2.72. The Morgan fingerprint density at radius 3 is 2.47 bits per heavy atom. The Morgan fingerprint density at radius 1 is 1.16 bits per heavy atom. The third-order valence-corrected chi connectivity index (χ3v) is 9.81. The maximum absolute atomic E-state index is 12.7. The van der Waals surface area contributed by atoms with Crippen molar-refractivity contribution in [3.63, 3.8) is 0 Å². The molecule has 0 aliphatic heterocycles. The lowest BCUT2D eigenvalue weighted by atomic mass is 9.39. The summed E-state index contributed by atoms with van der Waals surface area (Å²) in [7, 11) is -3.32. The van der Waals surface area contributed by atoms with Crippen LogP contribution in [0.5, 0.6) is 0 Å². The second-order valence-corrected chi connectivity index (χ2v) is 12.7. The zero-order valence-electron chi connectivity index (χ0n) is 17.0. The van der Waals surface area contributed by atoms with E-state index in [1.807, 2.05) is 12.1 Å². The maximum Gasteiger partial charge on any atom is 0.282 e. The van der Waals surface area contributed by atoms with Gasteiger partial charge < -0.3 is 9.84 Å². The molecule has 12 heteroatoms. The number of amides is 1. The topological polar surface area (TPSA) is 128 Å². The van der Waals surface area contributed by atoms with Gasteiger partial charge in [-0.3, -0.25) is 4.79 Å². The summed E-state index contributed by atoms with van der Waals surface area (Å²) >= 11 is 6.87. The smallest absolute Gasteiger partial charge is 0.282 e. The van der Waals surface area contributed by atoms with Gasteiger partial charge in [0.15, 0.2) is 15.7 Å². The molecule has 4 aliphatic carbocycles. The van der Waals surface area contributed by atoms with Crippen LogP contribution in [0.15, 0.2) is 28.8 Å². The van der Waals surface area contributed by atoms with Gasteiger partial charge in [-0.15, -0.1) is 0 Å². The van der Waals surface area contributed by atoms with E-state index in [1.165, 1.54) is 6.26 Å². The lowest BCUT2D eigenvalue weighted by Crippen LogP contribution is -2.76. The van der Waals surface area contributed by atoms with E-state index in [-0.39, 0.29) is 27.7 Å². The Hall–Kier alpha value is -2.37. The first-order valence-electron chi connectivity index (χ1n) is 10.1. The fourth-order valence-corrected chi connectivity index (χ4v) is 7.07. The molecule has 2 bridgehead atoms. The molecule has 0 atom stereocenters. The van der Waals surface area contributed by atoms with Gasteiger partial charge in [-0.05, 0) is 67.9 Å². The van der Waals surface area contributed by atoms with Crippen LogP contribution in [0.3, 0.4) is 0 Å². The molecule has 9 nitrogen and oxygen atoms in total. The van der Waals surface area contributed by atoms with Crippen molar-refractivity contribution in [3.8, 4) is 11.4 Å². The third-order valence-electron chi connectivity index (χ3n) is 6.83. The Kier molecular flexibility index (Phi) is 4.02. The van der Waals surface area contributed by atoms with E-state index in [0.29, 0.717) is 48.8 Å². The van der Waals surface area contributed by atoms with Crippen LogP contribution >= 0.6 is 23.1 Å². The molecule has 4 saturated carbocycles. The van der Waals surface area contributed by atoms with Crippen LogP contribution in [-0.4, -0.2) is 45.6 Å². The van der Waals surface area contributed by atoms with Crippen molar-refractivity contribution in [1.82, 2.24) is 24.8 Å². The number of nitrogens with zero attached hydrogens (tertiary/aromatic N) is 4. The van der Waals surface area contributed by atoms with Crippen LogP contribution in [0.25, 0.3) is 11.4 Å². The standard InChI is InChI=1S/C20H18ClN5O4S2/c1-32(28,29)20(6-7-20)16-23-15(31-26-16)14(27)24-19-8-18(9-19,10-19)17-22-13(25-30-17)11-2-4-12(21)5-3-11/h2-5H,6-10H2,1H3,(H,24,27). The average molecular weight is 492 g/mol. The lowest BCUT2D eigenvalue weighted by molar-refractivity contribution is -0.0985. The first kappa shape index (κ1) is 20.3. The van der Waals surface area contributed by atoms with Gasteiger partial charge in [0.1, 0.15) is 4.75 Å². The number of hydrogen-bond acceptors (Lipinski definition) is 9. The number of carbonyl (C=O) groups excluding carboxylic acids is 1. The van der Waals surface area contributed by atoms with Crippen LogP contribution in [-0.2, 0) is 20.0 Å². The van der Waals surface area contributed by atoms with Crippen LogP contribution < -0.4 is 5.32 Å². The number of sulfone groups is 1. The van der Waals surface area contributed by atoms with Crippen molar-refractivity contribution in [2.75, 3.05) is 6.26 Å². The van der Waals surface area contributed by atoms with E-state index in [1.54, 1.807) is 12.1 Å². The minimum absolute atomic E-state index is 0.191. The molecule has 0 saturated heterocycles. The van der Waals surface area contributed by atoms with Crippen molar-refractivity contribution < 1.29 is 17.7 Å². The summed E-state index contributed by atoms with van der Waals surface area (Å²) in [5, 5.41) is 7.97. The van der Waals surface area contributed by atoms with Gasteiger partial charge in [0.2, 0.25) is 16.7 Å². The maximum atomic E-state index is 12.7. The Balaban J connectivity index is 1.12. The van der Waals surface area contributed by atoms with E-state index in [9.17, 15) is 13.2 Å². The largest absolute Gasteiger partial charge is 0.344 e. The number of aromatic nitrogens is 4. The Labute approximate surface area is 192 Å². The molecular formula is C20H18ClN5O4S2. The molecule has 0 unspecified atom stereocenters. The minimum Gasteiger partial charge on any atom is -0.344 e. The molecule has 2 aromatic heterocycles. The van der Waals surface area contributed by atoms with Crippen LogP contribution in [0.1, 0.15) is 53.6 Å². The Morgan fingerprint density at radius 2 is 1.84 bits per heavy atom. The lowest BCUT2D eigenvalue weighted by Gasteiger charge is -2.68. The van der Waals surface area contributed by atoms with Crippen LogP contribution in [0, 0.1) is 0 Å². The summed E-state index contributed by atoms with van der Waals surface area (Å²) in [5.41, 5.74) is 0.311. The highest BCUT2D eigenvalue weighted by atomic mass is 35.5. The Bertz CT molecular complexity index is 1340. The molecule has 2 heterocycles. The molecule has 4 aliphatic rings. The fraction of sp³-hybridized carbons (Fsp3) is 0.450. The van der Waals surface area contributed by atoms with E-state index in [4.69, 9.17) is 16.1 Å².